The molecule has 0 aromatic carbocycles. The van der Waals surface area contributed by atoms with E-state index in [1.807, 2.05) is 0 Å². The molecule has 8 unspecified atom stereocenters. The maximum atomic E-state index is 11.2. The summed E-state index contributed by atoms with van der Waals surface area (Å²) in [5, 5.41) is 11.2. The van der Waals surface area contributed by atoms with E-state index in [4.69, 9.17) is 0 Å². The van der Waals surface area contributed by atoms with E-state index < -0.39 is 0 Å². The lowest BCUT2D eigenvalue weighted by Crippen LogP contribution is -2.57. The Morgan fingerprint density at radius 2 is 1.81 bits per heavy atom. The van der Waals surface area contributed by atoms with Crippen LogP contribution in [0.5, 0.6) is 0 Å². The summed E-state index contributed by atoms with van der Waals surface area (Å²) in [6.07, 6.45) is 14.7. The van der Waals surface area contributed by atoms with Crippen molar-refractivity contribution in [1.29, 1.82) is 0 Å². The van der Waals surface area contributed by atoms with E-state index in [0.29, 0.717) is 35.0 Å². The Labute approximate surface area is 160 Å². The monoisotopic (exact) mass is 360 g/mol. The van der Waals surface area contributed by atoms with Gasteiger partial charge in [-0.15, -0.1) is 0 Å². The number of aldehydes is 1. The van der Waals surface area contributed by atoms with Gasteiger partial charge in [0.2, 0.25) is 0 Å². The smallest absolute Gasteiger partial charge is 0.120 e. The van der Waals surface area contributed by atoms with E-state index in [9.17, 15) is 9.90 Å². The summed E-state index contributed by atoms with van der Waals surface area (Å²) in [4.78, 5) is 10.9. The Morgan fingerprint density at radius 3 is 2.58 bits per heavy atom. The van der Waals surface area contributed by atoms with Crippen molar-refractivity contribution in [2.45, 2.75) is 97.5 Å². The van der Waals surface area contributed by atoms with Crippen LogP contribution in [0, 0.1) is 46.3 Å². The molecule has 0 aromatic rings. The number of fused-ring (bicyclic) bond motifs is 5. The summed E-state index contributed by atoms with van der Waals surface area (Å²) < 4.78 is 0. The number of aliphatic hydroxyl groups excluding tert-OH is 1. The third-order valence-corrected chi connectivity index (χ3v) is 10.1. The van der Waals surface area contributed by atoms with Gasteiger partial charge in [0.1, 0.15) is 6.29 Å². The second-order valence-electron chi connectivity index (χ2n) is 11.0. The fourth-order valence-corrected chi connectivity index (χ4v) is 8.76. The quantitative estimate of drug-likeness (QED) is 0.661. The molecular formula is C24H40O2. The molecule has 148 valence electrons. The first-order valence-electron chi connectivity index (χ1n) is 11.5. The molecule has 9 atom stereocenters. The van der Waals surface area contributed by atoms with Crippen molar-refractivity contribution in [3.63, 3.8) is 0 Å². The van der Waals surface area contributed by atoms with Crippen molar-refractivity contribution in [2.75, 3.05) is 0 Å². The maximum Gasteiger partial charge on any atom is 0.120 e. The molecule has 0 aliphatic heterocycles. The summed E-state index contributed by atoms with van der Waals surface area (Å²) in [6.45, 7) is 7.51. The average molecular weight is 361 g/mol. The molecule has 4 aliphatic carbocycles. The van der Waals surface area contributed by atoms with E-state index in [0.717, 1.165) is 36.9 Å². The highest BCUT2D eigenvalue weighted by Crippen LogP contribution is 2.68. The largest absolute Gasteiger partial charge is 0.393 e. The number of aliphatic hydroxyl groups is 1. The van der Waals surface area contributed by atoms with Crippen molar-refractivity contribution in [3.05, 3.63) is 0 Å². The second-order valence-corrected chi connectivity index (χ2v) is 11.0. The molecule has 0 spiro atoms. The van der Waals surface area contributed by atoms with Gasteiger partial charge in [0.25, 0.3) is 0 Å². The fraction of sp³-hybridized carbons (Fsp3) is 0.958. The highest BCUT2D eigenvalue weighted by molar-refractivity contribution is 5.49. The first kappa shape index (κ1) is 19.0. The van der Waals surface area contributed by atoms with E-state index >= 15 is 0 Å². The minimum atomic E-state index is -0.0650. The topological polar surface area (TPSA) is 37.3 Å². The highest BCUT2D eigenvalue weighted by Gasteiger charge is 2.62. The summed E-state index contributed by atoms with van der Waals surface area (Å²) in [5.74, 6) is 4.15. The predicted octanol–water partition coefficient (Wildman–Crippen LogP) is 5.62. The Balaban J connectivity index is 1.58. The van der Waals surface area contributed by atoms with Crippen LogP contribution in [0.1, 0.15) is 91.4 Å². The van der Waals surface area contributed by atoms with Crippen molar-refractivity contribution in [2.24, 2.45) is 46.3 Å². The molecule has 0 radical (unpaired) electrons. The molecule has 4 fully saturated rings. The summed E-state index contributed by atoms with van der Waals surface area (Å²) in [6, 6.07) is 0. The Kier molecular flexibility index (Phi) is 5.04. The number of hydrogen-bond acceptors (Lipinski definition) is 2. The van der Waals surface area contributed by atoms with Gasteiger partial charge in [-0.05, 0) is 97.7 Å². The van der Waals surface area contributed by atoms with Crippen molar-refractivity contribution in [3.8, 4) is 0 Å². The normalized spacial score (nSPS) is 51.8. The molecule has 4 rings (SSSR count). The molecule has 4 aliphatic rings. The zero-order valence-electron chi connectivity index (χ0n) is 17.3. The number of carbonyl (C=O) groups excluding carboxylic acids is 1. The van der Waals surface area contributed by atoms with Crippen LogP contribution in [-0.2, 0) is 4.79 Å². The Hall–Kier alpha value is -0.370. The van der Waals surface area contributed by atoms with Gasteiger partial charge < -0.3 is 9.90 Å². The third kappa shape index (κ3) is 2.73. The average Bonchev–Trinajstić information content (AvgIpc) is 2.97. The Bertz CT molecular complexity index is 530. The van der Waals surface area contributed by atoms with E-state index in [1.54, 1.807) is 0 Å². The van der Waals surface area contributed by atoms with E-state index in [-0.39, 0.29) is 6.10 Å². The van der Waals surface area contributed by atoms with E-state index in [2.05, 4.69) is 20.8 Å². The van der Waals surface area contributed by atoms with Crippen LogP contribution in [0.15, 0.2) is 0 Å². The summed E-state index contributed by atoms with van der Waals surface area (Å²) in [7, 11) is 0. The molecule has 0 saturated heterocycles. The molecule has 2 heteroatoms. The molecule has 1 N–H and O–H groups in total. The van der Waals surface area contributed by atoms with Crippen LogP contribution in [0.3, 0.4) is 0 Å². The molecular weight excluding hydrogens is 320 g/mol. The molecule has 26 heavy (non-hydrogen) atoms. The highest BCUT2D eigenvalue weighted by atomic mass is 16.3. The third-order valence-electron chi connectivity index (χ3n) is 10.1. The minimum Gasteiger partial charge on any atom is -0.393 e. The molecule has 2 nitrogen and oxygen atoms in total. The van der Waals surface area contributed by atoms with Gasteiger partial charge in [0, 0.05) is 6.42 Å². The lowest BCUT2D eigenvalue weighted by molar-refractivity contribution is -0.164. The van der Waals surface area contributed by atoms with Crippen LogP contribution < -0.4 is 0 Å². The van der Waals surface area contributed by atoms with Crippen LogP contribution >= 0.6 is 0 Å². The molecule has 4 saturated carbocycles. The van der Waals surface area contributed by atoms with Gasteiger partial charge in [-0.2, -0.15) is 0 Å². The van der Waals surface area contributed by atoms with Gasteiger partial charge in [-0.1, -0.05) is 33.6 Å². The van der Waals surface area contributed by atoms with Crippen LogP contribution in [-0.4, -0.2) is 17.5 Å². The number of hydrogen-bond donors (Lipinski definition) is 1. The van der Waals surface area contributed by atoms with E-state index in [1.165, 1.54) is 51.4 Å². The molecule has 0 bridgehead atoms. The summed E-state index contributed by atoms with van der Waals surface area (Å²) >= 11 is 0. The first-order valence-corrected chi connectivity index (χ1v) is 11.5. The molecule has 0 aromatic heterocycles. The van der Waals surface area contributed by atoms with Gasteiger partial charge in [0.15, 0.2) is 0 Å². The minimum absolute atomic E-state index is 0.0650. The SMILES string of the molecule is C[C@H](CCC=O)C1CCC2C3C(O)CC4CCCCC4(C)C3CCC21C. The van der Waals surface area contributed by atoms with Crippen molar-refractivity contribution < 1.29 is 9.90 Å². The molecule has 0 amide bonds. The van der Waals surface area contributed by atoms with Crippen LogP contribution in [0.2, 0.25) is 0 Å². The fourth-order valence-electron chi connectivity index (χ4n) is 8.76. The zero-order chi connectivity index (χ0) is 18.5. The predicted molar refractivity (Wildman–Crippen MR) is 106 cm³/mol. The number of rotatable bonds is 4. The first-order chi connectivity index (χ1) is 12.4. The standard InChI is InChI=1S/C24H40O2/c1-16(7-6-14-25)18-9-10-19-22-20(11-13-24(18,19)3)23(2)12-5-4-8-17(23)15-21(22)26/h14,16-22,26H,4-13,15H2,1-3H3/t16-,17?,18?,19?,20?,21?,22?,23?,24?/m1/s1. The lowest BCUT2D eigenvalue weighted by Gasteiger charge is -2.62. The van der Waals surface area contributed by atoms with Crippen LogP contribution in [0.4, 0.5) is 0 Å². The lowest BCUT2D eigenvalue weighted by atomic mass is 9.44. The molecule has 0 heterocycles. The van der Waals surface area contributed by atoms with Crippen molar-refractivity contribution in [1.82, 2.24) is 0 Å². The zero-order valence-corrected chi connectivity index (χ0v) is 17.3. The van der Waals surface area contributed by atoms with Crippen LogP contribution in [0.25, 0.3) is 0 Å². The number of carbonyl (C=O) groups is 1. The maximum absolute atomic E-state index is 11.2. The Morgan fingerprint density at radius 1 is 1.04 bits per heavy atom. The van der Waals surface area contributed by atoms with Gasteiger partial charge in [0.05, 0.1) is 6.10 Å². The van der Waals surface area contributed by atoms with Gasteiger partial charge in [-0.25, -0.2) is 0 Å². The summed E-state index contributed by atoms with van der Waals surface area (Å²) in [5.41, 5.74) is 0.882. The van der Waals surface area contributed by atoms with Crippen molar-refractivity contribution >= 4 is 6.29 Å². The second kappa shape index (κ2) is 6.90. The van der Waals surface area contributed by atoms with Gasteiger partial charge in [-0.3, -0.25) is 0 Å². The van der Waals surface area contributed by atoms with Gasteiger partial charge >= 0.3 is 0 Å².